The largest absolute Gasteiger partial charge is 0.480 e. The number of aryl methyl sites for hydroxylation is 1. The van der Waals surface area contributed by atoms with Crippen LogP contribution in [0.3, 0.4) is 0 Å². The lowest BCUT2D eigenvalue weighted by molar-refractivity contribution is -0.140. The standard InChI is InChI=1S/C14H22N4O4/c1-3-22-7-6-18-12(8-10(2)16-18)13(19)17-5-4-15-11(9-17)14(20)21/h8,11,15H,3-7,9H2,1-2H3,(H,20,21). The number of piperazine rings is 1. The molecule has 1 aromatic rings. The number of rotatable bonds is 6. The van der Waals surface area contributed by atoms with Crippen molar-refractivity contribution in [2.45, 2.75) is 26.4 Å². The van der Waals surface area contributed by atoms with Gasteiger partial charge in [-0.2, -0.15) is 5.10 Å². The Morgan fingerprint density at radius 3 is 3.00 bits per heavy atom. The van der Waals surface area contributed by atoms with Crippen molar-refractivity contribution in [3.63, 3.8) is 0 Å². The Hall–Kier alpha value is -1.93. The first-order chi connectivity index (χ1) is 10.5. The Labute approximate surface area is 129 Å². The number of amides is 1. The number of aliphatic carboxylic acids is 1. The van der Waals surface area contributed by atoms with E-state index in [1.165, 1.54) is 0 Å². The van der Waals surface area contributed by atoms with Crippen LogP contribution < -0.4 is 5.32 Å². The van der Waals surface area contributed by atoms with Crippen molar-refractivity contribution < 1.29 is 19.4 Å². The lowest BCUT2D eigenvalue weighted by Crippen LogP contribution is -2.55. The Balaban J connectivity index is 2.09. The molecule has 2 rings (SSSR count). The third kappa shape index (κ3) is 3.83. The van der Waals surface area contributed by atoms with Gasteiger partial charge >= 0.3 is 5.97 Å². The molecule has 1 atom stereocenters. The third-order valence-electron chi connectivity index (χ3n) is 3.53. The van der Waals surface area contributed by atoms with Crippen molar-refractivity contribution in [2.75, 3.05) is 32.8 Å². The highest BCUT2D eigenvalue weighted by Crippen LogP contribution is 2.10. The normalized spacial score (nSPS) is 18.5. The second-order valence-corrected chi connectivity index (χ2v) is 5.19. The molecule has 22 heavy (non-hydrogen) atoms. The Bertz CT molecular complexity index is 543. The van der Waals surface area contributed by atoms with Crippen molar-refractivity contribution in [2.24, 2.45) is 0 Å². The molecule has 1 saturated heterocycles. The van der Waals surface area contributed by atoms with E-state index in [-0.39, 0.29) is 12.5 Å². The zero-order valence-corrected chi connectivity index (χ0v) is 12.9. The summed E-state index contributed by atoms with van der Waals surface area (Å²) >= 11 is 0. The average Bonchev–Trinajstić information content (AvgIpc) is 2.88. The van der Waals surface area contributed by atoms with Crippen LogP contribution >= 0.6 is 0 Å². The fraction of sp³-hybridized carbons (Fsp3) is 0.643. The molecule has 1 aromatic heterocycles. The van der Waals surface area contributed by atoms with Crippen LogP contribution in [0.5, 0.6) is 0 Å². The molecule has 1 fully saturated rings. The maximum Gasteiger partial charge on any atom is 0.322 e. The van der Waals surface area contributed by atoms with Crippen LogP contribution in [0.1, 0.15) is 23.1 Å². The van der Waals surface area contributed by atoms with Gasteiger partial charge in [0.05, 0.1) is 18.8 Å². The molecule has 1 aliphatic rings. The quantitative estimate of drug-likeness (QED) is 0.702. The molecule has 1 amide bonds. The average molecular weight is 310 g/mol. The number of aromatic nitrogens is 2. The van der Waals surface area contributed by atoms with E-state index in [4.69, 9.17) is 9.84 Å². The smallest absolute Gasteiger partial charge is 0.322 e. The van der Waals surface area contributed by atoms with Crippen LogP contribution in [-0.4, -0.2) is 70.6 Å². The van der Waals surface area contributed by atoms with E-state index in [0.717, 1.165) is 5.69 Å². The van der Waals surface area contributed by atoms with E-state index in [9.17, 15) is 9.59 Å². The summed E-state index contributed by atoms with van der Waals surface area (Å²) < 4.78 is 6.93. The van der Waals surface area contributed by atoms with Gasteiger partial charge in [-0.15, -0.1) is 0 Å². The first-order valence-electron chi connectivity index (χ1n) is 7.40. The van der Waals surface area contributed by atoms with Crippen LogP contribution in [0, 0.1) is 6.92 Å². The number of hydrogen-bond acceptors (Lipinski definition) is 5. The van der Waals surface area contributed by atoms with Gasteiger partial charge in [-0.3, -0.25) is 14.3 Å². The number of carbonyl (C=O) groups excluding carboxylic acids is 1. The highest BCUT2D eigenvalue weighted by atomic mass is 16.5. The molecular formula is C14H22N4O4. The Morgan fingerprint density at radius 2 is 2.32 bits per heavy atom. The summed E-state index contributed by atoms with van der Waals surface area (Å²) in [5, 5.41) is 16.3. The number of nitrogens with one attached hydrogen (secondary N) is 1. The van der Waals surface area contributed by atoms with Crippen LogP contribution in [0.2, 0.25) is 0 Å². The first-order valence-corrected chi connectivity index (χ1v) is 7.40. The zero-order valence-electron chi connectivity index (χ0n) is 12.9. The van der Waals surface area contributed by atoms with Crippen molar-refractivity contribution in [1.29, 1.82) is 0 Å². The van der Waals surface area contributed by atoms with Gasteiger partial charge < -0.3 is 20.1 Å². The van der Waals surface area contributed by atoms with Gasteiger partial charge in [0.1, 0.15) is 11.7 Å². The summed E-state index contributed by atoms with van der Waals surface area (Å²) in [7, 11) is 0. The molecule has 1 unspecified atom stereocenters. The molecule has 0 aliphatic carbocycles. The van der Waals surface area contributed by atoms with Crippen molar-refractivity contribution >= 4 is 11.9 Å². The van der Waals surface area contributed by atoms with E-state index < -0.39 is 12.0 Å². The van der Waals surface area contributed by atoms with Gasteiger partial charge in [0, 0.05) is 26.2 Å². The predicted octanol–water partition coefficient (Wildman–Crippen LogP) is -0.273. The van der Waals surface area contributed by atoms with Gasteiger partial charge in [0.15, 0.2) is 0 Å². The lowest BCUT2D eigenvalue weighted by Gasteiger charge is -2.31. The number of hydrogen-bond donors (Lipinski definition) is 2. The third-order valence-corrected chi connectivity index (χ3v) is 3.53. The highest BCUT2D eigenvalue weighted by Gasteiger charge is 2.29. The Morgan fingerprint density at radius 1 is 1.55 bits per heavy atom. The lowest BCUT2D eigenvalue weighted by atomic mass is 10.2. The maximum absolute atomic E-state index is 12.6. The maximum atomic E-state index is 12.6. The Kier molecular flexibility index (Phi) is 5.51. The molecule has 0 saturated carbocycles. The fourth-order valence-electron chi connectivity index (χ4n) is 2.45. The second kappa shape index (κ2) is 7.37. The molecule has 1 aliphatic heterocycles. The highest BCUT2D eigenvalue weighted by molar-refractivity contribution is 5.93. The van der Waals surface area contributed by atoms with Gasteiger partial charge in [0.2, 0.25) is 0 Å². The van der Waals surface area contributed by atoms with Crippen LogP contribution in [-0.2, 0) is 16.1 Å². The van der Waals surface area contributed by atoms with Gasteiger partial charge in [-0.1, -0.05) is 0 Å². The minimum Gasteiger partial charge on any atom is -0.480 e. The zero-order chi connectivity index (χ0) is 16.1. The van der Waals surface area contributed by atoms with E-state index in [1.807, 2.05) is 13.8 Å². The summed E-state index contributed by atoms with van der Waals surface area (Å²) in [5.41, 5.74) is 1.23. The van der Waals surface area contributed by atoms with Crippen molar-refractivity contribution in [3.05, 3.63) is 17.5 Å². The predicted molar refractivity (Wildman–Crippen MR) is 78.8 cm³/mol. The second-order valence-electron chi connectivity index (χ2n) is 5.19. The van der Waals surface area contributed by atoms with Gasteiger partial charge in [0.25, 0.3) is 5.91 Å². The number of carbonyl (C=O) groups is 2. The summed E-state index contributed by atoms with van der Waals surface area (Å²) in [5.74, 6) is -1.14. The monoisotopic (exact) mass is 310 g/mol. The number of carboxylic acid groups (broad SMARTS) is 1. The van der Waals surface area contributed by atoms with Crippen LogP contribution in [0.25, 0.3) is 0 Å². The molecule has 8 heteroatoms. The summed E-state index contributed by atoms with van der Waals surface area (Å²) in [6, 6.07) is 1.00. The number of carboxylic acids is 1. The van der Waals surface area contributed by atoms with Gasteiger partial charge in [-0.05, 0) is 19.9 Å². The molecule has 0 bridgehead atoms. The van der Waals surface area contributed by atoms with Crippen molar-refractivity contribution in [3.8, 4) is 0 Å². The summed E-state index contributed by atoms with van der Waals surface area (Å²) in [6.45, 7) is 6.44. The summed E-state index contributed by atoms with van der Waals surface area (Å²) in [4.78, 5) is 25.3. The van der Waals surface area contributed by atoms with E-state index in [2.05, 4.69) is 10.4 Å². The molecule has 0 radical (unpaired) electrons. The minimum absolute atomic E-state index is 0.157. The minimum atomic E-state index is -0.946. The molecule has 2 N–H and O–H groups in total. The molecular weight excluding hydrogens is 288 g/mol. The van der Waals surface area contributed by atoms with Gasteiger partial charge in [-0.25, -0.2) is 0 Å². The number of nitrogens with zero attached hydrogens (tertiary/aromatic N) is 3. The SMILES string of the molecule is CCOCCn1nc(C)cc1C(=O)N1CCNC(C(=O)O)C1. The topological polar surface area (TPSA) is 96.7 Å². The van der Waals surface area contributed by atoms with E-state index in [0.29, 0.717) is 38.5 Å². The number of ether oxygens (including phenoxy) is 1. The molecule has 0 spiro atoms. The van der Waals surface area contributed by atoms with Crippen LogP contribution in [0.15, 0.2) is 6.07 Å². The first kappa shape index (κ1) is 16.4. The summed E-state index contributed by atoms with van der Waals surface area (Å²) in [6.07, 6.45) is 0. The molecule has 122 valence electrons. The molecule has 2 heterocycles. The van der Waals surface area contributed by atoms with Crippen molar-refractivity contribution in [1.82, 2.24) is 20.0 Å². The van der Waals surface area contributed by atoms with E-state index >= 15 is 0 Å². The molecule has 0 aromatic carbocycles. The molecule has 8 nitrogen and oxygen atoms in total. The van der Waals surface area contributed by atoms with E-state index in [1.54, 1.807) is 15.6 Å². The fourth-order valence-corrected chi connectivity index (χ4v) is 2.45. The van der Waals surface area contributed by atoms with Crippen LogP contribution in [0.4, 0.5) is 0 Å².